The number of nitrogens with zero attached hydrogens (tertiary/aromatic N) is 9. The molecule has 0 unspecified atom stereocenters. The standard InChI is InChI=1S/C16H21IN6O2.C11H19NO3.C5H4IN5.HI/c1-15(2,3)25-14(24)22-6-16(7-22)4-9(5-16)23-13-10(11(17)21-23)12(18)19-8-20-13;1-10(2,3)15-9(14)12-6-11(7-12)4-8(13)5-11;6-3-2-4(7)8-1-9-5(2)11-10-3;/h8-9H,4-7H2,1-3H3,(H2,18,19,20);8,13H,4-7H2,1-3H3;1H,(H3,7,8,9,10,11);1H/p-1. The van der Waals surface area contributed by atoms with E-state index in [0.717, 1.165) is 75.7 Å². The number of carbonyl (C=O) groups is 2. The van der Waals surface area contributed by atoms with Crippen molar-refractivity contribution in [2.24, 2.45) is 10.8 Å². The third-order valence-corrected chi connectivity index (χ3v) is 10.8. The van der Waals surface area contributed by atoms with Gasteiger partial charge in [-0.3, -0.25) is 5.10 Å². The van der Waals surface area contributed by atoms with E-state index >= 15 is 0 Å². The number of fused-ring (bicyclic) bond motifs is 2. The smallest absolute Gasteiger partial charge is 0.410 e. The summed E-state index contributed by atoms with van der Waals surface area (Å²) in [6, 6.07) is 0.293. The molecule has 2 spiro atoms. The summed E-state index contributed by atoms with van der Waals surface area (Å²) >= 11 is 4.27. The summed E-state index contributed by atoms with van der Waals surface area (Å²) in [6.45, 7) is 14.3. The van der Waals surface area contributed by atoms with Gasteiger partial charge in [0.15, 0.2) is 11.3 Å². The minimum Gasteiger partial charge on any atom is -1.00 e. The Balaban J connectivity index is 0.000000164. The number of H-pyrrole nitrogens is 1. The molecule has 4 fully saturated rings. The van der Waals surface area contributed by atoms with E-state index in [1.54, 1.807) is 9.80 Å². The number of anilines is 2. The van der Waals surface area contributed by atoms with E-state index in [2.05, 4.69) is 80.4 Å². The second-order valence-corrected chi connectivity index (χ2v) is 18.1. The van der Waals surface area contributed by atoms with Crippen LogP contribution in [0, 0.1) is 18.2 Å². The maximum Gasteiger partial charge on any atom is 0.410 e. The molecule has 2 amide bonds. The Bertz CT molecular complexity index is 1930. The number of rotatable bonds is 1. The van der Waals surface area contributed by atoms with E-state index in [1.165, 1.54) is 12.7 Å². The first-order valence-electron chi connectivity index (χ1n) is 16.6. The quantitative estimate of drug-likeness (QED) is 0.199. The monoisotopic (exact) mass is 1060 g/mol. The number of likely N-dealkylation sites (tertiary alicyclic amines) is 2. The van der Waals surface area contributed by atoms with Crippen LogP contribution in [0.3, 0.4) is 0 Å². The molecule has 0 atom stereocenters. The minimum absolute atomic E-state index is 0. The van der Waals surface area contributed by atoms with Crippen molar-refractivity contribution in [2.45, 2.75) is 90.6 Å². The van der Waals surface area contributed by atoms with Gasteiger partial charge < -0.3 is 59.8 Å². The second-order valence-electron chi connectivity index (χ2n) is 16.0. The number of aromatic amines is 1. The van der Waals surface area contributed by atoms with Crippen molar-refractivity contribution in [3.05, 3.63) is 20.1 Å². The predicted molar refractivity (Wildman–Crippen MR) is 205 cm³/mol. The zero-order valence-corrected chi connectivity index (χ0v) is 36.3. The van der Waals surface area contributed by atoms with E-state index in [0.29, 0.717) is 23.3 Å². The molecule has 4 aromatic heterocycles. The first-order chi connectivity index (χ1) is 23.8. The molecule has 284 valence electrons. The fourth-order valence-corrected chi connectivity index (χ4v) is 8.45. The van der Waals surface area contributed by atoms with Crippen LogP contribution in [0.1, 0.15) is 73.3 Å². The van der Waals surface area contributed by atoms with Crippen LogP contribution in [0.5, 0.6) is 0 Å². The molecule has 8 rings (SSSR count). The molecule has 0 bridgehead atoms. The van der Waals surface area contributed by atoms with Crippen LogP contribution in [0.15, 0.2) is 12.7 Å². The summed E-state index contributed by atoms with van der Waals surface area (Å²) in [5.74, 6) is 0.933. The molecule has 2 aliphatic carbocycles. The molecular formula is C32H44I3N12O5-. The average molecular weight is 1060 g/mol. The van der Waals surface area contributed by atoms with Gasteiger partial charge in [0.25, 0.3) is 0 Å². The summed E-state index contributed by atoms with van der Waals surface area (Å²) in [6.07, 6.45) is 5.94. The number of amides is 2. The van der Waals surface area contributed by atoms with Crippen LogP contribution in [-0.2, 0) is 9.47 Å². The first kappa shape index (κ1) is 40.6. The number of aromatic nitrogens is 8. The summed E-state index contributed by atoms with van der Waals surface area (Å²) in [5.41, 5.74) is 12.5. The largest absolute Gasteiger partial charge is 1.00 e. The highest BCUT2D eigenvalue weighted by Gasteiger charge is 2.56. The van der Waals surface area contributed by atoms with Crippen molar-refractivity contribution >= 4 is 91.1 Å². The number of ether oxygens (including phenoxy) is 2. The number of nitrogens with two attached hydrogens (primary N) is 2. The van der Waals surface area contributed by atoms with E-state index in [4.69, 9.17) is 20.9 Å². The Labute approximate surface area is 345 Å². The van der Waals surface area contributed by atoms with Crippen molar-refractivity contribution in [3.63, 3.8) is 0 Å². The zero-order valence-electron chi connectivity index (χ0n) is 29.9. The highest BCUT2D eigenvalue weighted by molar-refractivity contribution is 14.1. The van der Waals surface area contributed by atoms with Crippen LogP contribution in [-0.4, -0.2) is 110 Å². The molecule has 6 N–H and O–H groups in total. The minimum atomic E-state index is -0.452. The van der Waals surface area contributed by atoms with Crippen molar-refractivity contribution < 1.29 is 48.1 Å². The van der Waals surface area contributed by atoms with Crippen LogP contribution < -0.4 is 35.4 Å². The molecule has 0 aromatic carbocycles. The molecule has 17 nitrogen and oxygen atoms in total. The summed E-state index contributed by atoms with van der Waals surface area (Å²) in [7, 11) is 0. The molecule has 2 aliphatic heterocycles. The van der Waals surface area contributed by atoms with Crippen LogP contribution >= 0.6 is 45.2 Å². The van der Waals surface area contributed by atoms with Gasteiger partial charge in [-0.1, -0.05) is 0 Å². The van der Waals surface area contributed by atoms with Crippen molar-refractivity contribution in [1.82, 2.24) is 49.7 Å². The van der Waals surface area contributed by atoms with Gasteiger partial charge in [-0.2, -0.15) is 10.2 Å². The number of halogens is 3. The molecule has 4 aromatic rings. The lowest BCUT2D eigenvalue weighted by Gasteiger charge is -2.58. The highest BCUT2D eigenvalue weighted by Crippen LogP contribution is 2.55. The lowest BCUT2D eigenvalue weighted by Crippen LogP contribution is -3.00. The second kappa shape index (κ2) is 14.9. The van der Waals surface area contributed by atoms with Gasteiger partial charge >= 0.3 is 12.2 Å². The fourth-order valence-electron chi connectivity index (χ4n) is 7.06. The zero-order chi connectivity index (χ0) is 37.1. The third kappa shape index (κ3) is 8.68. The number of aliphatic hydroxyl groups excluding tert-OH is 1. The van der Waals surface area contributed by atoms with E-state index < -0.39 is 11.2 Å². The molecule has 6 heterocycles. The summed E-state index contributed by atoms with van der Waals surface area (Å²) < 4.78 is 14.4. The molecule has 2 saturated heterocycles. The van der Waals surface area contributed by atoms with E-state index in [9.17, 15) is 14.7 Å². The number of nitrogen functional groups attached to an aromatic ring is 2. The number of carbonyl (C=O) groups excluding carboxylic acids is 2. The maximum absolute atomic E-state index is 12.1. The lowest BCUT2D eigenvalue weighted by molar-refractivity contribution is -0.124. The van der Waals surface area contributed by atoms with Crippen LogP contribution in [0.2, 0.25) is 0 Å². The summed E-state index contributed by atoms with van der Waals surface area (Å²) in [4.78, 5) is 43.4. The van der Waals surface area contributed by atoms with Crippen molar-refractivity contribution in [3.8, 4) is 0 Å². The van der Waals surface area contributed by atoms with Crippen molar-refractivity contribution in [1.29, 1.82) is 0 Å². The topological polar surface area (TPSA) is 229 Å². The summed E-state index contributed by atoms with van der Waals surface area (Å²) in [5, 5.41) is 22.2. The third-order valence-electron chi connectivity index (χ3n) is 9.24. The van der Waals surface area contributed by atoms with Crippen LogP contribution in [0.4, 0.5) is 21.2 Å². The van der Waals surface area contributed by atoms with Gasteiger partial charge in [0.2, 0.25) is 0 Å². The SMILES string of the molecule is CC(C)(C)OC(=O)N1CC2(CC(O)C2)C1.CC(C)(C)OC(=O)N1CC2(CC(n3nc(I)c4c(N)ncnc43)C2)C1.Nc1ncnc2n[nH]c(I)c12.[I-]. The van der Waals surface area contributed by atoms with E-state index in [1.807, 2.05) is 46.2 Å². The number of aliphatic hydroxyl groups is 1. The van der Waals surface area contributed by atoms with Crippen LogP contribution in [0.25, 0.3) is 22.1 Å². The average Bonchev–Trinajstić information content (AvgIpc) is 3.48. The molecule has 52 heavy (non-hydrogen) atoms. The Kier molecular flexibility index (Phi) is 11.6. The molecule has 20 heteroatoms. The predicted octanol–water partition coefficient (Wildman–Crippen LogP) is 1.51. The molecule has 2 saturated carbocycles. The van der Waals surface area contributed by atoms with Gasteiger partial charge in [-0.25, -0.2) is 34.2 Å². The van der Waals surface area contributed by atoms with Gasteiger partial charge in [0.1, 0.15) is 42.9 Å². The molecule has 0 radical (unpaired) electrons. The molecular weight excluding hydrogens is 1010 g/mol. The normalized spacial score (nSPS) is 18.9. The number of hydrogen-bond donors (Lipinski definition) is 4. The fraction of sp³-hybridized carbons (Fsp3) is 0.625. The van der Waals surface area contributed by atoms with Gasteiger partial charge in [0.05, 0.1) is 22.9 Å². The Hall–Kier alpha value is -2.61. The van der Waals surface area contributed by atoms with Gasteiger partial charge in [-0.15, -0.1) is 0 Å². The number of nitrogens with one attached hydrogen (secondary N) is 1. The molecule has 4 aliphatic rings. The highest BCUT2D eigenvalue weighted by atomic mass is 127. The Morgan fingerprint density at radius 2 is 1.31 bits per heavy atom. The Morgan fingerprint density at radius 1 is 0.827 bits per heavy atom. The maximum atomic E-state index is 12.1. The van der Waals surface area contributed by atoms with Gasteiger partial charge in [0, 0.05) is 37.0 Å². The van der Waals surface area contributed by atoms with Gasteiger partial charge in [-0.05, 0) is 112 Å². The van der Waals surface area contributed by atoms with E-state index in [-0.39, 0.29) is 53.1 Å². The number of hydrogen-bond acceptors (Lipinski definition) is 13. The van der Waals surface area contributed by atoms with Crippen molar-refractivity contribution in [2.75, 3.05) is 37.6 Å². The first-order valence-corrected chi connectivity index (χ1v) is 18.8. The lowest BCUT2D eigenvalue weighted by atomic mass is 9.61. The Morgan fingerprint density at radius 3 is 1.79 bits per heavy atom.